The lowest BCUT2D eigenvalue weighted by Gasteiger charge is -2.14. The van der Waals surface area contributed by atoms with Crippen LogP contribution in [0, 0.1) is 0 Å². The van der Waals surface area contributed by atoms with E-state index in [1.165, 1.54) is 17.4 Å². The Balaban J connectivity index is 1.91. The van der Waals surface area contributed by atoms with Gasteiger partial charge < -0.3 is 10.1 Å². The second-order valence-electron chi connectivity index (χ2n) is 4.78. The second kappa shape index (κ2) is 5.90. The summed E-state index contributed by atoms with van der Waals surface area (Å²) >= 11 is 0. The van der Waals surface area contributed by atoms with Crippen molar-refractivity contribution in [1.29, 1.82) is 0 Å². The summed E-state index contributed by atoms with van der Waals surface area (Å²) in [7, 11) is -1.44. The predicted molar refractivity (Wildman–Crippen MR) is 74.9 cm³/mol. The highest BCUT2D eigenvalue weighted by Crippen LogP contribution is 2.33. The molecular formula is C13H20N2O3S. The average molecular weight is 284 g/mol. The minimum atomic E-state index is -3.10. The first-order valence-corrected chi connectivity index (χ1v) is 8.23. The highest BCUT2D eigenvalue weighted by Gasteiger charge is 2.22. The Morgan fingerprint density at radius 2 is 2.16 bits per heavy atom. The fourth-order valence-electron chi connectivity index (χ4n) is 2.40. The van der Waals surface area contributed by atoms with Gasteiger partial charge >= 0.3 is 0 Å². The van der Waals surface area contributed by atoms with Crippen molar-refractivity contribution in [2.45, 2.75) is 18.9 Å². The van der Waals surface area contributed by atoms with Gasteiger partial charge in [-0.1, -0.05) is 6.07 Å². The standard InChI is InChI=1S/C13H20N2O3S/c1-18-11-5-3-10-4-6-13(12(10)9-11)14-7-8-15-19(2,16)17/h3,5,9,13-15H,4,6-8H2,1-2H3. The topological polar surface area (TPSA) is 67.4 Å². The number of benzene rings is 1. The van der Waals surface area contributed by atoms with Crippen molar-refractivity contribution in [3.8, 4) is 5.75 Å². The Labute approximate surface area is 114 Å². The van der Waals surface area contributed by atoms with E-state index in [2.05, 4.69) is 22.2 Å². The lowest BCUT2D eigenvalue weighted by molar-refractivity contribution is 0.413. The van der Waals surface area contributed by atoms with E-state index in [4.69, 9.17) is 4.74 Å². The minimum absolute atomic E-state index is 0.284. The molecule has 0 heterocycles. The Kier molecular flexibility index (Phi) is 4.44. The fraction of sp³-hybridized carbons (Fsp3) is 0.538. The molecule has 0 bridgehead atoms. The van der Waals surface area contributed by atoms with Crippen LogP contribution >= 0.6 is 0 Å². The van der Waals surface area contributed by atoms with E-state index in [-0.39, 0.29) is 6.04 Å². The van der Waals surface area contributed by atoms with Gasteiger partial charge in [0.05, 0.1) is 13.4 Å². The molecule has 106 valence electrons. The summed E-state index contributed by atoms with van der Waals surface area (Å²) < 4.78 is 29.6. The van der Waals surface area contributed by atoms with Gasteiger partial charge in [0.2, 0.25) is 10.0 Å². The number of nitrogens with one attached hydrogen (secondary N) is 2. The molecular weight excluding hydrogens is 264 g/mol. The molecule has 0 radical (unpaired) electrons. The molecule has 1 aromatic carbocycles. The van der Waals surface area contributed by atoms with Crippen LogP contribution in [0.4, 0.5) is 0 Å². The van der Waals surface area contributed by atoms with E-state index in [0.29, 0.717) is 13.1 Å². The molecule has 2 rings (SSSR count). The van der Waals surface area contributed by atoms with Crippen LogP contribution in [0.1, 0.15) is 23.6 Å². The van der Waals surface area contributed by atoms with Crippen molar-refractivity contribution in [2.24, 2.45) is 0 Å². The first-order valence-electron chi connectivity index (χ1n) is 6.34. The summed E-state index contributed by atoms with van der Waals surface area (Å²) in [6, 6.07) is 6.42. The third-order valence-electron chi connectivity index (χ3n) is 3.31. The SMILES string of the molecule is COc1ccc2c(c1)C(NCCNS(C)(=O)=O)CC2. The Morgan fingerprint density at radius 1 is 1.37 bits per heavy atom. The molecule has 0 aromatic heterocycles. The smallest absolute Gasteiger partial charge is 0.208 e. The van der Waals surface area contributed by atoms with Crippen LogP contribution in [0.25, 0.3) is 0 Å². The lowest BCUT2D eigenvalue weighted by atomic mass is 10.1. The zero-order valence-corrected chi connectivity index (χ0v) is 12.1. The van der Waals surface area contributed by atoms with Crippen molar-refractivity contribution in [1.82, 2.24) is 10.0 Å². The molecule has 0 fully saturated rings. The van der Waals surface area contributed by atoms with Crippen molar-refractivity contribution in [3.05, 3.63) is 29.3 Å². The molecule has 19 heavy (non-hydrogen) atoms. The van der Waals surface area contributed by atoms with Gasteiger partial charge in [-0.05, 0) is 36.1 Å². The van der Waals surface area contributed by atoms with Crippen LogP contribution in [0.5, 0.6) is 5.75 Å². The molecule has 0 aliphatic heterocycles. The normalized spacial score (nSPS) is 18.3. The van der Waals surface area contributed by atoms with Crippen molar-refractivity contribution < 1.29 is 13.2 Å². The number of aryl methyl sites for hydroxylation is 1. The third-order valence-corrected chi connectivity index (χ3v) is 4.04. The summed E-state index contributed by atoms with van der Waals surface area (Å²) in [5.74, 6) is 0.863. The van der Waals surface area contributed by atoms with Gasteiger partial charge in [0.15, 0.2) is 0 Å². The summed E-state index contributed by atoms with van der Waals surface area (Å²) in [6.07, 6.45) is 3.26. The van der Waals surface area contributed by atoms with Crippen molar-refractivity contribution in [2.75, 3.05) is 26.5 Å². The lowest BCUT2D eigenvalue weighted by Crippen LogP contribution is -2.32. The second-order valence-corrected chi connectivity index (χ2v) is 6.61. The summed E-state index contributed by atoms with van der Waals surface area (Å²) in [5.41, 5.74) is 2.60. The number of sulfonamides is 1. The molecule has 1 aliphatic rings. The van der Waals surface area contributed by atoms with Crippen LogP contribution in [0.2, 0.25) is 0 Å². The van der Waals surface area contributed by atoms with E-state index in [9.17, 15) is 8.42 Å². The van der Waals surface area contributed by atoms with E-state index in [0.717, 1.165) is 18.6 Å². The summed E-state index contributed by atoms with van der Waals surface area (Å²) in [6.45, 7) is 1.03. The predicted octanol–water partition coefficient (Wildman–Crippen LogP) is 0.821. The molecule has 1 atom stereocenters. The Morgan fingerprint density at radius 3 is 2.84 bits per heavy atom. The van der Waals surface area contributed by atoms with Crippen LogP contribution in [0.3, 0.4) is 0 Å². The van der Waals surface area contributed by atoms with Gasteiger partial charge in [0.1, 0.15) is 5.75 Å². The van der Waals surface area contributed by atoms with Gasteiger partial charge in [-0.25, -0.2) is 13.1 Å². The quantitative estimate of drug-likeness (QED) is 0.759. The third kappa shape index (κ3) is 3.92. The van der Waals surface area contributed by atoms with Crippen molar-refractivity contribution >= 4 is 10.0 Å². The highest BCUT2D eigenvalue weighted by atomic mass is 32.2. The molecule has 2 N–H and O–H groups in total. The largest absolute Gasteiger partial charge is 0.497 e. The number of methoxy groups -OCH3 is 1. The molecule has 0 spiro atoms. The van der Waals surface area contributed by atoms with Gasteiger partial charge in [-0.2, -0.15) is 0 Å². The molecule has 6 heteroatoms. The van der Waals surface area contributed by atoms with Crippen LogP contribution < -0.4 is 14.8 Å². The van der Waals surface area contributed by atoms with Gasteiger partial charge in [0.25, 0.3) is 0 Å². The number of fused-ring (bicyclic) bond motifs is 1. The number of ether oxygens (including phenoxy) is 1. The van der Waals surface area contributed by atoms with E-state index in [1.807, 2.05) is 6.07 Å². The number of hydrogen-bond acceptors (Lipinski definition) is 4. The average Bonchev–Trinajstić information content (AvgIpc) is 2.76. The number of hydrogen-bond donors (Lipinski definition) is 2. The first kappa shape index (κ1) is 14.3. The summed E-state index contributed by atoms with van der Waals surface area (Å²) in [5, 5.41) is 3.38. The van der Waals surface area contributed by atoms with Gasteiger partial charge in [-0.3, -0.25) is 0 Å². The van der Waals surface area contributed by atoms with Gasteiger partial charge in [0, 0.05) is 19.1 Å². The van der Waals surface area contributed by atoms with E-state index < -0.39 is 10.0 Å². The molecule has 0 saturated heterocycles. The molecule has 0 amide bonds. The molecule has 1 aromatic rings. The molecule has 5 nitrogen and oxygen atoms in total. The first-order chi connectivity index (χ1) is 8.99. The Bertz CT molecular complexity index is 543. The van der Waals surface area contributed by atoms with Gasteiger partial charge in [-0.15, -0.1) is 0 Å². The summed E-state index contributed by atoms with van der Waals surface area (Å²) in [4.78, 5) is 0. The maximum absolute atomic E-state index is 11.0. The van der Waals surface area contributed by atoms with Crippen LogP contribution in [-0.2, 0) is 16.4 Å². The zero-order chi connectivity index (χ0) is 13.9. The van der Waals surface area contributed by atoms with Crippen LogP contribution in [0.15, 0.2) is 18.2 Å². The highest BCUT2D eigenvalue weighted by molar-refractivity contribution is 7.88. The molecule has 0 saturated carbocycles. The van der Waals surface area contributed by atoms with E-state index >= 15 is 0 Å². The number of rotatable bonds is 6. The molecule has 1 aliphatic carbocycles. The maximum Gasteiger partial charge on any atom is 0.208 e. The molecule has 1 unspecified atom stereocenters. The minimum Gasteiger partial charge on any atom is -0.497 e. The fourth-order valence-corrected chi connectivity index (χ4v) is 2.88. The van der Waals surface area contributed by atoms with Crippen LogP contribution in [-0.4, -0.2) is 34.9 Å². The monoisotopic (exact) mass is 284 g/mol. The zero-order valence-electron chi connectivity index (χ0n) is 11.3. The van der Waals surface area contributed by atoms with Crippen molar-refractivity contribution in [3.63, 3.8) is 0 Å². The Hall–Kier alpha value is -1.11. The maximum atomic E-state index is 11.0. The van der Waals surface area contributed by atoms with E-state index in [1.54, 1.807) is 7.11 Å².